The van der Waals surface area contributed by atoms with Gasteiger partial charge in [-0.25, -0.2) is 4.79 Å². The largest absolute Gasteiger partial charge is 0.459 e. The molecule has 148 valence electrons. The van der Waals surface area contributed by atoms with E-state index in [9.17, 15) is 14.4 Å². The van der Waals surface area contributed by atoms with Crippen LogP contribution in [0.15, 0.2) is 60.7 Å². The Kier molecular flexibility index (Phi) is 8.40. The molecule has 2 aromatic carbocycles. The Bertz CT molecular complexity index is 772. The van der Waals surface area contributed by atoms with Crippen molar-refractivity contribution in [2.75, 3.05) is 0 Å². The molecule has 0 aliphatic rings. The summed E-state index contributed by atoms with van der Waals surface area (Å²) in [6.45, 7) is 4.02. The van der Waals surface area contributed by atoms with Gasteiger partial charge in [-0.15, -0.1) is 0 Å². The summed E-state index contributed by atoms with van der Waals surface area (Å²) in [5.74, 6) is -1.64. The van der Waals surface area contributed by atoms with Crippen LogP contribution in [0.1, 0.15) is 37.8 Å². The van der Waals surface area contributed by atoms with Gasteiger partial charge in [-0.05, 0) is 29.9 Å². The molecule has 0 radical (unpaired) electrons. The van der Waals surface area contributed by atoms with Crippen LogP contribution in [-0.4, -0.2) is 23.7 Å². The lowest BCUT2D eigenvalue weighted by atomic mass is 10.0. The molecule has 0 unspecified atom stereocenters. The fourth-order valence-corrected chi connectivity index (χ4v) is 2.77. The van der Waals surface area contributed by atoms with Crippen LogP contribution < -0.4 is 5.32 Å². The minimum Gasteiger partial charge on any atom is -0.459 e. The molecule has 1 N–H and O–H groups in total. The average molecular weight is 381 g/mol. The average Bonchev–Trinajstić information content (AvgIpc) is 2.70. The molecule has 0 fully saturated rings. The normalized spacial score (nSPS) is 11.7. The van der Waals surface area contributed by atoms with E-state index in [4.69, 9.17) is 4.74 Å². The van der Waals surface area contributed by atoms with Crippen LogP contribution in [0.5, 0.6) is 0 Å². The minimum absolute atomic E-state index is 0.101. The molecule has 1 atom stereocenters. The number of hydrogen-bond acceptors (Lipinski definition) is 4. The molecule has 0 aliphatic heterocycles. The van der Waals surface area contributed by atoms with Gasteiger partial charge in [0.05, 0.1) is 0 Å². The quantitative estimate of drug-likeness (QED) is 0.505. The van der Waals surface area contributed by atoms with Gasteiger partial charge in [-0.3, -0.25) is 9.59 Å². The summed E-state index contributed by atoms with van der Waals surface area (Å²) >= 11 is 0. The lowest BCUT2D eigenvalue weighted by Gasteiger charge is -2.19. The number of carbonyl (C=O) groups is 3. The zero-order valence-corrected chi connectivity index (χ0v) is 16.4. The second-order valence-corrected chi connectivity index (χ2v) is 7.16. The molecular formula is C23H27NO4. The van der Waals surface area contributed by atoms with E-state index in [-0.39, 0.29) is 18.9 Å². The summed E-state index contributed by atoms with van der Waals surface area (Å²) in [6.07, 6.45) is 0.995. The van der Waals surface area contributed by atoms with E-state index in [1.165, 1.54) is 0 Å². The lowest BCUT2D eigenvalue weighted by molar-refractivity contribution is -0.150. The van der Waals surface area contributed by atoms with Crippen molar-refractivity contribution in [2.24, 2.45) is 5.92 Å². The Morgan fingerprint density at radius 1 is 0.893 bits per heavy atom. The molecule has 2 rings (SSSR count). The van der Waals surface area contributed by atoms with Gasteiger partial charge < -0.3 is 10.1 Å². The third-order valence-corrected chi connectivity index (χ3v) is 4.26. The Morgan fingerprint density at radius 3 is 2.04 bits per heavy atom. The molecule has 0 saturated carbocycles. The van der Waals surface area contributed by atoms with Gasteiger partial charge in [0.1, 0.15) is 12.6 Å². The van der Waals surface area contributed by atoms with Crippen molar-refractivity contribution in [3.8, 4) is 0 Å². The van der Waals surface area contributed by atoms with Crippen molar-refractivity contribution in [1.29, 1.82) is 0 Å². The number of aryl methyl sites for hydroxylation is 1. The fraction of sp³-hybridized carbons (Fsp3) is 0.348. The molecule has 2 aromatic rings. The Balaban J connectivity index is 1.89. The van der Waals surface area contributed by atoms with Crippen LogP contribution in [0.3, 0.4) is 0 Å². The molecule has 28 heavy (non-hydrogen) atoms. The van der Waals surface area contributed by atoms with Crippen LogP contribution in [0.25, 0.3) is 0 Å². The molecule has 0 heterocycles. The number of nitrogens with one attached hydrogen (secondary N) is 1. The number of Topliss-reactive ketones (excluding diaryl/α,β-unsaturated/α-hetero) is 1. The predicted octanol–water partition coefficient (Wildman–Crippen LogP) is 3.46. The fourth-order valence-electron chi connectivity index (χ4n) is 2.77. The first-order valence-corrected chi connectivity index (χ1v) is 9.54. The predicted molar refractivity (Wildman–Crippen MR) is 107 cm³/mol. The summed E-state index contributed by atoms with van der Waals surface area (Å²) in [6, 6.07) is 18.0. The number of carbonyl (C=O) groups excluding carboxylic acids is 3. The summed E-state index contributed by atoms with van der Waals surface area (Å²) < 4.78 is 5.34. The van der Waals surface area contributed by atoms with E-state index in [1.54, 1.807) is 0 Å². The number of hydrogen-bond donors (Lipinski definition) is 1. The van der Waals surface area contributed by atoms with Gasteiger partial charge in [0.25, 0.3) is 5.91 Å². The van der Waals surface area contributed by atoms with Crippen LogP contribution >= 0.6 is 0 Å². The van der Waals surface area contributed by atoms with Crippen molar-refractivity contribution >= 4 is 17.7 Å². The zero-order chi connectivity index (χ0) is 20.4. The molecule has 5 nitrogen and oxygen atoms in total. The van der Waals surface area contributed by atoms with Crippen LogP contribution in [0.4, 0.5) is 0 Å². The van der Waals surface area contributed by atoms with E-state index in [0.717, 1.165) is 11.1 Å². The zero-order valence-electron chi connectivity index (χ0n) is 16.4. The number of esters is 1. The SMILES string of the molecule is CC(C)C[C@H](NC(=O)C(=O)CCc1ccccc1)C(=O)OCc1ccccc1. The molecule has 0 aromatic heterocycles. The van der Waals surface area contributed by atoms with E-state index in [2.05, 4.69) is 5.32 Å². The van der Waals surface area contributed by atoms with Crippen molar-refractivity contribution in [3.05, 3.63) is 71.8 Å². The summed E-state index contributed by atoms with van der Waals surface area (Å²) in [5, 5.41) is 2.56. The highest BCUT2D eigenvalue weighted by Gasteiger charge is 2.26. The highest BCUT2D eigenvalue weighted by molar-refractivity contribution is 6.36. The van der Waals surface area contributed by atoms with Gasteiger partial charge >= 0.3 is 5.97 Å². The third kappa shape index (κ3) is 7.35. The van der Waals surface area contributed by atoms with Gasteiger partial charge in [-0.1, -0.05) is 74.5 Å². The monoisotopic (exact) mass is 381 g/mol. The van der Waals surface area contributed by atoms with Gasteiger partial charge in [-0.2, -0.15) is 0 Å². The first-order chi connectivity index (χ1) is 13.5. The van der Waals surface area contributed by atoms with Crippen molar-refractivity contribution in [2.45, 2.75) is 45.8 Å². The maximum absolute atomic E-state index is 12.4. The second-order valence-electron chi connectivity index (χ2n) is 7.16. The highest BCUT2D eigenvalue weighted by atomic mass is 16.5. The molecule has 0 spiro atoms. The van der Waals surface area contributed by atoms with Gasteiger partial charge in [0.2, 0.25) is 5.78 Å². The van der Waals surface area contributed by atoms with Crippen molar-refractivity contribution in [3.63, 3.8) is 0 Å². The number of rotatable bonds is 10. The first kappa shape index (κ1) is 21.4. The van der Waals surface area contributed by atoms with Gasteiger partial charge in [0.15, 0.2) is 0 Å². The Hall–Kier alpha value is -2.95. The molecule has 0 aliphatic carbocycles. The topological polar surface area (TPSA) is 72.5 Å². The Morgan fingerprint density at radius 2 is 1.46 bits per heavy atom. The van der Waals surface area contributed by atoms with Crippen LogP contribution in [0.2, 0.25) is 0 Å². The summed E-state index contributed by atoms with van der Waals surface area (Å²) in [5.41, 5.74) is 1.86. The van der Waals surface area contributed by atoms with E-state index in [0.29, 0.717) is 12.8 Å². The lowest BCUT2D eigenvalue weighted by Crippen LogP contribution is -2.45. The molecule has 0 saturated heterocycles. The maximum atomic E-state index is 12.4. The van der Waals surface area contributed by atoms with E-state index in [1.807, 2.05) is 74.5 Å². The molecule has 0 bridgehead atoms. The summed E-state index contributed by atoms with van der Waals surface area (Å²) in [4.78, 5) is 36.9. The highest BCUT2D eigenvalue weighted by Crippen LogP contribution is 2.09. The number of benzene rings is 2. The van der Waals surface area contributed by atoms with Crippen LogP contribution in [0, 0.1) is 5.92 Å². The smallest absolute Gasteiger partial charge is 0.328 e. The van der Waals surface area contributed by atoms with E-state index < -0.39 is 23.7 Å². The number of ketones is 1. The van der Waals surface area contributed by atoms with Crippen molar-refractivity contribution in [1.82, 2.24) is 5.32 Å². The third-order valence-electron chi connectivity index (χ3n) is 4.26. The Labute approximate surface area is 166 Å². The van der Waals surface area contributed by atoms with Gasteiger partial charge in [0, 0.05) is 6.42 Å². The van der Waals surface area contributed by atoms with Crippen molar-refractivity contribution < 1.29 is 19.1 Å². The van der Waals surface area contributed by atoms with Crippen LogP contribution in [-0.2, 0) is 32.1 Å². The summed E-state index contributed by atoms with van der Waals surface area (Å²) in [7, 11) is 0. The first-order valence-electron chi connectivity index (χ1n) is 9.54. The number of amides is 1. The van der Waals surface area contributed by atoms with E-state index >= 15 is 0 Å². The number of ether oxygens (including phenoxy) is 1. The minimum atomic E-state index is -0.836. The molecule has 5 heteroatoms. The molecule has 1 amide bonds. The maximum Gasteiger partial charge on any atom is 0.328 e. The molecular weight excluding hydrogens is 354 g/mol. The standard InChI is InChI=1S/C23H27NO4/c1-17(2)15-20(23(27)28-16-19-11-7-4-8-12-19)24-22(26)21(25)14-13-18-9-5-3-6-10-18/h3-12,17,20H,13-16H2,1-2H3,(H,24,26)/t20-/m0/s1. The second kappa shape index (κ2) is 11.0.